The topological polar surface area (TPSA) is 34.1 Å². The molecule has 1 aromatic carbocycles. The van der Waals surface area contributed by atoms with Gasteiger partial charge < -0.3 is 10.1 Å². The second-order valence-corrected chi connectivity index (χ2v) is 5.17. The molecule has 0 unspecified atom stereocenters. The molecule has 2 rings (SSSR count). The number of nitrogens with zero attached hydrogens (tertiary/aromatic N) is 1. The molecule has 0 atom stereocenters. The SMILES string of the molecule is COc1cc(Nc2ccnc(F)c2)c(Br)cc1Br. The van der Waals surface area contributed by atoms with Gasteiger partial charge in [-0.25, -0.2) is 4.98 Å². The van der Waals surface area contributed by atoms with E-state index in [0.717, 1.165) is 14.6 Å². The maximum absolute atomic E-state index is 13.0. The summed E-state index contributed by atoms with van der Waals surface area (Å²) in [6.45, 7) is 0. The van der Waals surface area contributed by atoms with Crippen molar-refractivity contribution in [2.75, 3.05) is 12.4 Å². The van der Waals surface area contributed by atoms with Crippen molar-refractivity contribution in [1.29, 1.82) is 0 Å². The molecule has 3 nitrogen and oxygen atoms in total. The lowest BCUT2D eigenvalue weighted by Crippen LogP contribution is -1.95. The molecule has 0 radical (unpaired) electrons. The molecule has 0 saturated heterocycles. The van der Waals surface area contributed by atoms with Gasteiger partial charge >= 0.3 is 0 Å². The van der Waals surface area contributed by atoms with Crippen LogP contribution in [0.25, 0.3) is 0 Å². The second kappa shape index (κ2) is 5.67. The molecule has 1 aromatic heterocycles. The summed E-state index contributed by atoms with van der Waals surface area (Å²) in [7, 11) is 1.59. The van der Waals surface area contributed by atoms with Gasteiger partial charge in [-0.2, -0.15) is 4.39 Å². The minimum atomic E-state index is -0.528. The quantitative estimate of drug-likeness (QED) is 0.802. The number of aromatic nitrogens is 1. The van der Waals surface area contributed by atoms with E-state index in [9.17, 15) is 4.39 Å². The Hall–Kier alpha value is -1.14. The molecule has 1 N–H and O–H groups in total. The van der Waals surface area contributed by atoms with E-state index < -0.39 is 5.95 Å². The van der Waals surface area contributed by atoms with Gasteiger partial charge in [0, 0.05) is 28.5 Å². The summed E-state index contributed by atoms with van der Waals surface area (Å²) < 4.78 is 19.9. The zero-order valence-corrected chi connectivity index (χ0v) is 12.5. The zero-order chi connectivity index (χ0) is 13.1. The summed E-state index contributed by atoms with van der Waals surface area (Å²) in [6.07, 6.45) is 1.40. The van der Waals surface area contributed by atoms with Gasteiger partial charge in [-0.05, 0) is 44.0 Å². The molecule has 0 aliphatic heterocycles. The third kappa shape index (κ3) is 3.00. The number of benzene rings is 1. The molecule has 0 amide bonds. The van der Waals surface area contributed by atoms with Crippen LogP contribution in [0.15, 0.2) is 39.4 Å². The van der Waals surface area contributed by atoms with Crippen molar-refractivity contribution in [3.63, 3.8) is 0 Å². The van der Waals surface area contributed by atoms with E-state index in [1.54, 1.807) is 13.2 Å². The van der Waals surface area contributed by atoms with Gasteiger partial charge in [-0.15, -0.1) is 0 Å². The van der Waals surface area contributed by atoms with Crippen molar-refractivity contribution >= 4 is 43.2 Å². The average molecular weight is 376 g/mol. The monoisotopic (exact) mass is 374 g/mol. The van der Waals surface area contributed by atoms with Crippen molar-refractivity contribution in [1.82, 2.24) is 4.98 Å². The standard InChI is InChI=1S/C12H9Br2FN2O/c1-18-11-6-10(8(13)5-9(11)14)17-7-2-3-16-12(15)4-7/h2-6H,1H3,(H,16,17). The summed E-state index contributed by atoms with van der Waals surface area (Å²) >= 11 is 6.81. The van der Waals surface area contributed by atoms with Gasteiger partial charge in [-0.1, -0.05) is 0 Å². The largest absolute Gasteiger partial charge is 0.495 e. The van der Waals surface area contributed by atoms with Gasteiger partial charge in [0.1, 0.15) is 5.75 Å². The van der Waals surface area contributed by atoms with E-state index in [1.165, 1.54) is 12.3 Å². The molecular formula is C12H9Br2FN2O. The molecule has 0 fully saturated rings. The number of pyridine rings is 1. The van der Waals surface area contributed by atoms with Gasteiger partial charge in [0.05, 0.1) is 17.3 Å². The number of rotatable bonds is 3. The van der Waals surface area contributed by atoms with Crippen molar-refractivity contribution in [2.45, 2.75) is 0 Å². The molecule has 18 heavy (non-hydrogen) atoms. The van der Waals surface area contributed by atoms with Crippen molar-refractivity contribution in [3.8, 4) is 5.75 Å². The van der Waals surface area contributed by atoms with Crippen molar-refractivity contribution in [3.05, 3.63) is 45.4 Å². The fraction of sp³-hybridized carbons (Fsp3) is 0.0833. The highest BCUT2D eigenvalue weighted by Gasteiger charge is 2.07. The maximum Gasteiger partial charge on any atom is 0.214 e. The first-order valence-corrected chi connectivity index (χ1v) is 6.60. The van der Waals surface area contributed by atoms with Crippen LogP contribution in [-0.2, 0) is 0 Å². The first-order chi connectivity index (χ1) is 8.60. The minimum Gasteiger partial charge on any atom is -0.495 e. The highest BCUT2D eigenvalue weighted by molar-refractivity contribution is 9.11. The number of nitrogens with one attached hydrogen (secondary N) is 1. The fourth-order valence-corrected chi connectivity index (χ4v) is 2.67. The van der Waals surface area contributed by atoms with Crippen LogP contribution >= 0.6 is 31.9 Å². The number of hydrogen-bond acceptors (Lipinski definition) is 3. The van der Waals surface area contributed by atoms with Gasteiger partial charge in [-0.3, -0.25) is 0 Å². The second-order valence-electron chi connectivity index (χ2n) is 3.46. The Morgan fingerprint density at radius 1 is 1.22 bits per heavy atom. The van der Waals surface area contributed by atoms with Crippen LogP contribution in [0.2, 0.25) is 0 Å². The predicted octanol–water partition coefficient (Wildman–Crippen LogP) is 4.50. The summed E-state index contributed by atoms with van der Waals surface area (Å²) in [6, 6.07) is 6.68. The smallest absolute Gasteiger partial charge is 0.214 e. The summed E-state index contributed by atoms with van der Waals surface area (Å²) in [5.74, 6) is 0.162. The lowest BCUT2D eigenvalue weighted by atomic mass is 10.3. The van der Waals surface area contributed by atoms with E-state index in [2.05, 4.69) is 42.2 Å². The first kappa shape index (κ1) is 13.3. The predicted molar refractivity (Wildman–Crippen MR) is 75.9 cm³/mol. The lowest BCUT2D eigenvalue weighted by Gasteiger charge is -2.11. The Kier molecular flexibility index (Phi) is 4.19. The van der Waals surface area contributed by atoms with Crippen LogP contribution in [0.5, 0.6) is 5.75 Å². The number of halogens is 3. The number of hydrogen-bond donors (Lipinski definition) is 1. The molecule has 94 valence electrons. The summed E-state index contributed by atoms with van der Waals surface area (Å²) in [5, 5.41) is 3.09. The van der Waals surface area contributed by atoms with Crippen molar-refractivity contribution in [2.24, 2.45) is 0 Å². The van der Waals surface area contributed by atoms with E-state index >= 15 is 0 Å². The Morgan fingerprint density at radius 3 is 2.67 bits per heavy atom. The maximum atomic E-state index is 13.0. The lowest BCUT2D eigenvalue weighted by molar-refractivity contribution is 0.412. The Morgan fingerprint density at radius 2 is 2.00 bits per heavy atom. The normalized spacial score (nSPS) is 10.2. The average Bonchev–Trinajstić information content (AvgIpc) is 2.33. The zero-order valence-electron chi connectivity index (χ0n) is 9.38. The minimum absolute atomic E-state index is 0.528. The van der Waals surface area contributed by atoms with Crippen LogP contribution in [0, 0.1) is 5.95 Å². The summed E-state index contributed by atoms with van der Waals surface area (Å²) in [4.78, 5) is 3.50. The molecule has 0 spiro atoms. The van der Waals surface area contributed by atoms with Crippen molar-refractivity contribution < 1.29 is 9.13 Å². The van der Waals surface area contributed by atoms with Crippen LogP contribution in [0.1, 0.15) is 0 Å². The molecule has 0 bridgehead atoms. The first-order valence-electron chi connectivity index (χ1n) is 5.02. The van der Waals surface area contributed by atoms with Gasteiger partial charge in [0.25, 0.3) is 0 Å². The Balaban J connectivity index is 2.34. The molecule has 2 aromatic rings. The van der Waals surface area contributed by atoms with Gasteiger partial charge in [0.15, 0.2) is 0 Å². The Labute approximate surface area is 121 Å². The third-order valence-corrected chi connectivity index (χ3v) is 3.52. The van der Waals surface area contributed by atoms with E-state index in [-0.39, 0.29) is 0 Å². The van der Waals surface area contributed by atoms with Crippen LogP contribution in [0.3, 0.4) is 0 Å². The Bertz CT molecular complexity index is 578. The number of ether oxygens (including phenoxy) is 1. The fourth-order valence-electron chi connectivity index (χ4n) is 1.42. The van der Waals surface area contributed by atoms with Crippen LogP contribution in [0.4, 0.5) is 15.8 Å². The van der Waals surface area contributed by atoms with E-state index in [4.69, 9.17) is 4.74 Å². The molecule has 6 heteroatoms. The van der Waals surface area contributed by atoms with Crippen LogP contribution in [-0.4, -0.2) is 12.1 Å². The van der Waals surface area contributed by atoms with E-state index in [1.807, 2.05) is 12.1 Å². The number of anilines is 2. The summed E-state index contributed by atoms with van der Waals surface area (Å²) in [5.41, 5.74) is 1.40. The molecule has 0 aliphatic carbocycles. The third-order valence-electron chi connectivity index (χ3n) is 2.25. The number of methoxy groups -OCH3 is 1. The van der Waals surface area contributed by atoms with E-state index in [0.29, 0.717) is 11.4 Å². The van der Waals surface area contributed by atoms with Crippen LogP contribution < -0.4 is 10.1 Å². The highest BCUT2D eigenvalue weighted by Crippen LogP contribution is 2.35. The van der Waals surface area contributed by atoms with Gasteiger partial charge in [0.2, 0.25) is 5.95 Å². The highest BCUT2D eigenvalue weighted by atomic mass is 79.9. The molecule has 0 aliphatic rings. The molecule has 0 saturated carbocycles. The molecule has 1 heterocycles. The molecular weight excluding hydrogens is 367 g/mol.